The van der Waals surface area contributed by atoms with Gasteiger partial charge < -0.3 is 0 Å². The summed E-state index contributed by atoms with van der Waals surface area (Å²) in [5.41, 5.74) is 0. The first-order valence-corrected chi connectivity index (χ1v) is 6.78. The molecule has 7 heteroatoms. The molecule has 0 aliphatic carbocycles. The second-order valence-corrected chi connectivity index (χ2v) is 7.89. The van der Waals surface area contributed by atoms with E-state index in [1.807, 2.05) is 0 Å². The van der Waals surface area contributed by atoms with E-state index in [9.17, 15) is 8.42 Å². The van der Waals surface area contributed by atoms with Crippen LogP contribution in [0, 0.1) is 0 Å². The summed E-state index contributed by atoms with van der Waals surface area (Å²) in [6.07, 6.45) is 0. The van der Waals surface area contributed by atoms with Crippen molar-refractivity contribution < 1.29 is 8.42 Å². The van der Waals surface area contributed by atoms with Gasteiger partial charge in [-0.1, -0.05) is 0 Å². The monoisotopic (exact) mass is 198 g/mol. The van der Waals surface area contributed by atoms with Crippen LogP contribution in [0.25, 0.3) is 0 Å². The Bertz CT molecular complexity index is 114. The lowest BCUT2D eigenvalue weighted by Crippen LogP contribution is -1.73. The fourth-order valence-corrected chi connectivity index (χ4v) is 2.36. The Labute approximate surface area is 57.7 Å². The van der Waals surface area contributed by atoms with Crippen LogP contribution in [0.3, 0.4) is 0 Å². The number of hydrogen-bond donors (Lipinski definition) is 0. The molecule has 0 aromatic carbocycles. The molecule has 0 fully saturated rings. The van der Waals surface area contributed by atoms with E-state index in [2.05, 4.69) is 0 Å². The summed E-state index contributed by atoms with van der Waals surface area (Å²) in [4.78, 5) is 0. The van der Waals surface area contributed by atoms with E-state index >= 15 is 0 Å². The van der Waals surface area contributed by atoms with Gasteiger partial charge in [-0.15, -0.1) is 0 Å². The van der Waals surface area contributed by atoms with Gasteiger partial charge in [0, 0.05) is 0 Å². The maximum absolute atomic E-state index is 10.0. The summed E-state index contributed by atoms with van der Waals surface area (Å²) in [5, 5.41) is 0. The second-order valence-electron chi connectivity index (χ2n) is 0.534. The van der Waals surface area contributed by atoms with Gasteiger partial charge in [-0.05, 0) is 21.4 Å². The molecule has 0 atom stereocenters. The maximum atomic E-state index is 10.0. The average molecular weight is 199 g/mol. The lowest BCUT2D eigenvalue weighted by atomic mass is 15.9. The molecule has 0 aromatic rings. The largest absolute Gasteiger partial charge is 0.282 e. The van der Waals surface area contributed by atoms with Gasteiger partial charge in [0.1, 0.15) is 0 Å². The molecule has 0 saturated carbocycles. The minimum Gasteiger partial charge on any atom is -0.203 e. The summed E-state index contributed by atoms with van der Waals surface area (Å²) in [6, 6.07) is 0. The predicted octanol–water partition coefficient (Wildman–Crippen LogP) is 2.01. The first kappa shape index (κ1) is 8.23. The second kappa shape index (κ2) is 3.29. The molecular weight excluding hydrogens is 199 g/mol. The van der Waals surface area contributed by atoms with Gasteiger partial charge in [-0.2, -0.15) is 0 Å². The molecule has 0 aliphatic rings. The van der Waals surface area contributed by atoms with E-state index in [-0.39, 0.29) is 20.0 Å². The normalized spacial score (nSPS) is 11.7. The zero-order valence-electron chi connectivity index (χ0n) is 2.80. The van der Waals surface area contributed by atoms with Crippen molar-refractivity contribution in [3.8, 4) is 0 Å². The number of halogens is 2. The van der Waals surface area contributed by atoms with Crippen molar-refractivity contribution in [2.24, 2.45) is 0 Å². The quantitative estimate of drug-likeness (QED) is 0.637. The average Bonchev–Trinajstić information content (AvgIpc) is 1.68. The van der Waals surface area contributed by atoms with Crippen LogP contribution < -0.4 is 0 Å². The Kier molecular flexibility index (Phi) is 3.87. The van der Waals surface area contributed by atoms with Gasteiger partial charge in [0.05, 0.1) is 20.0 Å². The van der Waals surface area contributed by atoms with E-state index in [4.69, 9.17) is 21.4 Å². The van der Waals surface area contributed by atoms with Crippen LogP contribution in [0.4, 0.5) is 0 Å². The SMILES string of the molecule is O=S(=O)(SCl)SCl. The third kappa shape index (κ3) is 3.78. The first-order valence-electron chi connectivity index (χ1n) is 0.975. The summed E-state index contributed by atoms with van der Waals surface area (Å²) in [5.74, 6) is 0. The zero-order chi connectivity index (χ0) is 5.91. The van der Waals surface area contributed by atoms with Crippen molar-refractivity contribution in [2.75, 3.05) is 0 Å². The Balaban J connectivity index is 3.89. The van der Waals surface area contributed by atoms with Crippen LogP contribution in [-0.4, -0.2) is 8.42 Å². The van der Waals surface area contributed by atoms with Crippen molar-refractivity contribution in [2.45, 2.75) is 0 Å². The van der Waals surface area contributed by atoms with Crippen molar-refractivity contribution in [3.63, 3.8) is 0 Å². The molecule has 0 amide bonds. The molecule has 7 heavy (non-hydrogen) atoms. The third-order valence-electron chi connectivity index (χ3n) is 0.154. The topological polar surface area (TPSA) is 34.1 Å². The van der Waals surface area contributed by atoms with Crippen LogP contribution in [0.5, 0.6) is 0 Å². The summed E-state index contributed by atoms with van der Waals surface area (Å²) < 4.78 is 20.1. The summed E-state index contributed by atoms with van der Waals surface area (Å²) >= 11 is 0. The van der Waals surface area contributed by atoms with E-state index in [0.29, 0.717) is 0 Å². The molecule has 0 saturated heterocycles. The van der Waals surface area contributed by atoms with Crippen LogP contribution in [-0.2, 0) is 7.90 Å². The molecule has 0 aromatic heterocycles. The van der Waals surface area contributed by atoms with Gasteiger partial charge >= 0.3 is 0 Å². The molecule has 0 bridgehead atoms. The fraction of sp³-hybridized carbons (Fsp3) is 0. The maximum Gasteiger partial charge on any atom is 0.282 e. The highest BCUT2D eigenvalue weighted by atomic mass is 35.8. The Morgan fingerprint density at radius 1 is 1.14 bits per heavy atom. The highest BCUT2D eigenvalue weighted by Gasteiger charge is 2.06. The van der Waals surface area contributed by atoms with E-state index in [1.165, 1.54) is 0 Å². The molecule has 0 aliphatic heterocycles. The minimum absolute atomic E-state index is 0.203. The molecule has 0 radical (unpaired) electrons. The molecule has 44 valence electrons. The van der Waals surface area contributed by atoms with Gasteiger partial charge in [0.15, 0.2) is 0 Å². The highest BCUT2D eigenvalue weighted by molar-refractivity contribution is 9.12. The van der Waals surface area contributed by atoms with E-state index < -0.39 is 7.90 Å². The van der Waals surface area contributed by atoms with E-state index in [1.54, 1.807) is 0 Å². The fourth-order valence-electron chi connectivity index (χ4n) is 0.00972. The highest BCUT2D eigenvalue weighted by Crippen LogP contribution is 2.31. The lowest BCUT2D eigenvalue weighted by Gasteiger charge is -1.82. The molecular formula is Cl2O2S3. The van der Waals surface area contributed by atoms with Crippen molar-refractivity contribution in [1.29, 1.82) is 0 Å². The molecule has 0 unspecified atom stereocenters. The Hall–Kier alpha value is 1.23. The van der Waals surface area contributed by atoms with Crippen LogP contribution in [0.2, 0.25) is 0 Å². The summed E-state index contributed by atoms with van der Waals surface area (Å²) in [6.45, 7) is 0. The Morgan fingerprint density at radius 3 is 1.43 bits per heavy atom. The van der Waals surface area contributed by atoms with E-state index in [0.717, 1.165) is 0 Å². The van der Waals surface area contributed by atoms with Gasteiger partial charge in [0.2, 0.25) is 0 Å². The van der Waals surface area contributed by atoms with Gasteiger partial charge in [-0.3, -0.25) is 0 Å². The molecule has 0 N–H and O–H groups in total. The third-order valence-corrected chi connectivity index (χ3v) is 6.94. The number of rotatable bonds is 2. The van der Waals surface area contributed by atoms with Crippen molar-refractivity contribution >= 4 is 49.3 Å². The van der Waals surface area contributed by atoms with Crippen molar-refractivity contribution in [1.82, 2.24) is 0 Å². The molecule has 0 rings (SSSR count). The smallest absolute Gasteiger partial charge is 0.203 e. The van der Waals surface area contributed by atoms with Crippen molar-refractivity contribution in [3.05, 3.63) is 0 Å². The first-order chi connectivity index (χ1) is 3.12. The van der Waals surface area contributed by atoms with Gasteiger partial charge in [-0.25, -0.2) is 8.42 Å². The van der Waals surface area contributed by atoms with Gasteiger partial charge in [0.25, 0.3) is 7.90 Å². The minimum atomic E-state index is -3.29. The molecule has 0 spiro atoms. The van der Waals surface area contributed by atoms with Crippen LogP contribution >= 0.6 is 41.4 Å². The van der Waals surface area contributed by atoms with Crippen LogP contribution in [0.1, 0.15) is 0 Å². The zero-order valence-corrected chi connectivity index (χ0v) is 6.76. The van der Waals surface area contributed by atoms with Crippen LogP contribution in [0.15, 0.2) is 0 Å². The number of hydrogen-bond acceptors (Lipinski definition) is 4. The lowest BCUT2D eigenvalue weighted by molar-refractivity contribution is 0.623. The summed E-state index contributed by atoms with van der Waals surface area (Å²) in [7, 11) is 6.75. The Morgan fingerprint density at radius 2 is 1.43 bits per heavy atom. The molecule has 2 nitrogen and oxygen atoms in total. The predicted molar refractivity (Wildman–Crippen MR) is 35.8 cm³/mol. The molecule has 0 heterocycles. The standard InChI is InChI=1S/Cl2O2S3/c1-5-7(3,4)6-2.